The van der Waals surface area contributed by atoms with Gasteiger partial charge >= 0.3 is 0 Å². The van der Waals surface area contributed by atoms with E-state index in [-0.39, 0.29) is 10.8 Å². The lowest BCUT2D eigenvalue weighted by Crippen LogP contribution is -2.45. The summed E-state index contributed by atoms with van der Waals surface area (Å²) in [5, 5.41) is 10.0. The first-order valence-corrected chi connectivity index (χ1v) is 11.7. The molecule has 1 saturated heterocycles. The van der Waals surface area contributed by atoms with Crippen LogP contribution >= 0.6 is 0 Å². The predicted octanol–water partition coefficient (Wildman–Crippen LogP) is 5.45. The molecule has 0 amide bonds. The predicted molar refractivity (Wildman–Crippen MR) is 127 cm³/mol. The molecule has 1 atom stereocenters. The largest absolute Gasteiger partial charge is 0.375 e. The number of likely N-dealkylation sites (tertiary alicyclic amines) is 1. The molecule has 0 aromatic heterocycles. The first-order valence-electron chi connectivity index (χ1n) is 11.7. The van der Waals surface area contributed by atoms with Gasteiger partial charge in [-0.2, -0.15) is 5.26 Å². The van der Waals surface area contributed by atoms with Gasteiger partial charge in [0.05, 0.1) is 24.7 Å². The van der Waals surface area contributed by atoms with E-state index in [2.05, 4.69) is 77.7 Å². The summed E-state index contributed by atoms with van der Waals surface area (Å²) < 4.78 is 6.15. The zero-order valence-electron chi connectivity index (χ0n) is 18.5. The van der Waals surface area contributed by atoms with Gasteiger partial charge in [-0.3, -0.25) is 0 Å². The molecule has 5 rings (SSSR count). The number of fused-ring (bicyclic) bond motifs is 1. The minimum atomic E-state index is -0.352. The van der Waals surface area contributed by atoms with E-state index < -0.39 is 0 Å². The quantitative estimate of drug-likeness (QED) is 0.548. The molecule has 2 aliphatic rings. The van der Waals surface area contributed by atoms with E-state index in [9.17, 15) is 5.26 Å². The Morgan fingerprint density at radius 1 is 0.812 bits per heavy atom. The monoisotopic (exact) mass is 422 g/mol. The van der Waals surface area contributed by atoms with Crippen LogP contribution in [0.2, 0.25) is 0 Å². The summed E-state index contributed by atoms with van der Waals surface area (Å²) in [6.07, 6.45) is 2.79. The number of benzene rings is 3. The molecule has 162 valence electrons. The first-order chi connectivity index (χ1) is 15.8. The third-order valence-corrected chi connectivity index (χ3v) is 7.57. The van der Waals surface area contributed by atoms with Gasteiger partial charge in [-0.15, -0.1) is 0 Å². The zero-order chi connectivity index (χ0) is 21.9. The summed E-state index contributed by atoms with van der Waals surface area (Å²) >= 11 is 0. The average molecular weight is 423 g/mol. The van der Waals surface area contributed by atoms with Gasteiger partial charge in [-0.25, -0.2) is 0 Å². The SMILES string of the molecule is N#CC1(c2ccccc2)CCN(CCC2(c3ccccc3)COCc3ccccc32)CC1. The van der Waals surface area contributed by atoms with Crippen LogP contribution in [-0.2, 0) is 22.2 Å². The highest BCUT2D eigenvalue weighted by Crippen LogP contribution is 2.42. The lowest BCUT2D eigenvalue weighted by Gasteiger charge is -2.43. The second-order valence-electron chi connectivity index (χ2n) is 9.25. The van der Waals surface area contributed by atoms with Crippen molar-refractivity contribution in [2.45, 2.75) is 36.7 Å². The van der Waals surface area contributed by atoms with Crippen molar-refractivity contribution in [3.8, 4) is 6.07 Å². The molecular weight excluding hydrogens is 392 g/mol. The standard InChI is InChI=1S/C29H30N2O/c30-22-28(25-10-3-1-4-11-25)15-18-31(19-16-28)20-17-29(26-12-5-2-6-13-26)23-32-21-24-9-7-8-14-27(24)29/h1-14H,15-21,23H2. The molecule has 0 saturated carbocycles. The molecule has 0 spiro atoms. The molecule has 3 aromatic carbocycles. The molecule has 2 heterocycles. The zero-order valence-corrected chi connectivity index (χ0v) is 18.5. The highest BCUT2D eigenvalue weighted by atomic mass is 16.5. The topological polar surface area (TPSA) is 36.3 Å². The van der Waals surface area contributed by atoms with Crippen molar-refractivity contribution in [1.82, 2.24) is 4.90 Å². The average Bonchev–Trinajstić information content (AvgIpc) is 2.89. The van der Waals surface area contributed by atoms with Crippen LogP contribution in [0.25, 0.3) is 0 Å². The maximum atomic E-state index is 10.0. The summed E-state index contributed by atoms with van der Waals surface area (Å²) in [6, 6.07) is 32.6. The molecule has 0 aliphatic carbocycles. The Morgan fingerprint density at radius 2 is 1.44 bits per heavy atom. The Bertz CT molecular complexity index is 1080. The highest BCUT2D eigenvalue weighted by Gasteiger charge is 2.41. The normalized spacial score (nSPS) is 22.6. The van der Waals surface area contributed by atoms with Crippen molar-refractivity contribution in [2.24, 2.45) is 0 Å². The maximum Gasteiger partial charge on any atom is 0.0846 e. The van der Waals surface area contributed by atoms with Crippen LogP contribution in [0.4, 0.5) is 0 Å². The minimum Gasteiger partial charge on any atom is -0.375 e. The van der Waals surface area contributed by atoms with Crippen molar-refractivity contribution in [2.75, 3.05) is 26.2 Å². The summed E-state index contributed by atoms with van der Waals surface area (Å²) in [4.78, 5) is 2.54. The van der Waals surface area contributed by atoms with E-state index in [1.807, 2.05) is 18.2 Å². The number of hydrogen-bond donors (Lipinski definition) is 0. The summed E-state index contributed by atoms with van der Waals surface area (Å²) in [7, 11) is 0. The Morgan fingerprint density at radius 3 is 2.12 bits per heavy atom. The van der Waals surface area contributed by atoms with Crippen molar-refractivity contribution < 1.29 is 4.74 Å². The van der Waals surface area contributed by atoms with Crippen LogP contribution in [0, 0.1) is 11.3 Å². The lowest BCUT2D eigenvalue weighted by molar-refractivity contribution is 0.0553. The molecule has 1 fully saturated rings. The second-order valence-corrected chi connectivity index (χ2v) is 9.25. The Balaban J connectivity index is 1.36. The van der Waals surface area contributed by atoms with Crippen molar-refractivity contribution in [3.05, 3.63) is 107 Å². The smallest absolute Gasteiger partial charge is 0.0846 e. The Labute approximate surface area is 191 Å². The van der Waals surface area contributed by atoms with Crippen molar-refractivity contribution in [1.29, 1.82) is 5.26 Å². The maximum absolute atomic E-state index is 10.0. The van der Waals surface area contributed by atoms with Crippen molar-refractivity contribution >= 4 is 0 Å². The minimum absolute atomic E-state index is 0.126. The summed E-state index contributed by atoms with van der Waals surface area (Å²) in [5.74, 6) is 0. The Kier molecular flexibility index (Phi) is 5.83. The van der Waals surface area contributed by atoms with Gasteiger partial charge in [-0.1, -0.05) is 84.9 Å². The van der Waals surface area contributed by atoms with E-state index in [1.165, 1.54) is 16.7 Å². The first kappa shape index (κ1) is 20.9. The number of ether oxygens (including phenoxy) is 1. The molecular formula is C29H30N2O. The van der Waals surface area contributed by atoms with Crippen LogP contribution in [0.5, 0.6) is 0 Å². The van der Waals surface area contributed by atoms with E-state index in [1.54, 1.807) is 0 Å². The number of nitriles is 1. The van der Waals surface area contributed by atoms with E-state index in [4.69, 9.17) is 4.74 Å². The second kappa shape index (κ2) is 8.90. The van der Waals surface area contributed by atoms with Gasteiger partial charge < -0.3 is 9.64 Å². The molecule has 3 aromatic rings. The van der Waals surface area contributed by atoms with Crippen LogP contribution in [0.15, 0.2) is 84.9 Å². The van der Waals surface area contributed by atoms with E-state index in [0.29, 0.717) is 13.2 Å². The third kappa shape index (κ3) is 3.75. The Hall–Kier alpha value is -2.93. The van der Waals surface area contributed by atoms with Gasteiger partial charge in [0.25, 0.3) is 0 Å². The molecule has 32 heavy (non-hydrogen) atoms. The van der Waals surface area contributed by atoms with Gasteiger partial charge in [0.15, 0.2) is 0 Å². The summed E-state index contributed by atoms with van der Waals surface area (Å²) in [6.45, 7) is 4.32. The molecule has 0 bridgehead atoms. The molecule has 1 unspecified atom stereocenters. The molecule has 3 nitrogen and oxygen atoms in total. The fraction of sp³-hybridized carbons (Fsp3) is 0.345. The number of nitrogens with zero attached hydrogens (tertiary/aromatic N) is 2. The van der Waals surface area contributed by atoms with Gasteiger partial charge in [0, 0.05) is 5.41 Å². The van der Waals surface area contributed by atoms with Crippen molar-refractivity contribution in [3.63, 3.8) is 0 Å². The molecule has 2 aliphatic heterocycles. The van der Waals surface area contributed by atoms with E-state index >= 15 is 0 Å². The van der Waals surface area contributed by atoms with Gasteiger partial charge in [0.1, 0.15) is 0 Å². The van der Waals surface area contributed by atoms with Crippen LogP contribution < -0.4 is 0 Å². The van der Waals surface area contributed by atoms with E-state index in [0.717, 1.165) is 44.5 Å². The lowest BCUT2D eigenvalue weighted by atomic mass is 9.69. The fourth-order valence-corrected chi connectivity index (χ4v) is 5.60. The highest BCUT2D eigenvalue weighted by molar-refractivity contribution is 5.45. The third-order valence-electron chi connectivity index (χ3n) is 7.57. The van der Waals surface area contributed by atoms with Crippen LogP contribution in [0.3, 0.4) is 0 Å². The number of rotatable bonds is 5. The van der Waals surface area contributed by atoms with Gasteiger partial charge in [-0.05, 0) is 61.2 Å². The molecule has 0 radical (unpaired) electrons. The molecule has 0 N–H and O–H groups in total. The van der Waals surface area contributed by atoms with Crippen LogP contribution in [0.1, 0.15) is 41.5 Å². The van der Waals surface area contributed by atoms with Gasteiger partial charge in [0.2, 0.25) is 0 Å². The summed E-state index contributed by atoms with van der Waals surface area (Å²) in [5.41, 5.74) is 4.73. The fourth-order valence-electron chi connectivity index (χ4n) is 5.60. The number of piperidine rings is 1. The number of hydrogen-bond acceptors (Lipinski definition) is 3. The van der Waals surface area contributed by atoms with Crippen LogP contribution in [-0.4, -0.2) is 31.1 Å². The molecule has 3 heteroatoms.